The van der Waals surface area contributed by atoms with E-state index in [9.17, 15) is 9.59 Å². The number of nitrogens with zero attached hydrogens (tertiary/aromatic N) is 4. The van der Waals surface area contributed by atoms with Gasteiger partial charge in [-0.2, -0.15) is 0 Å². The van der Waals surface area contributed by atoms with E-state index in [0.717, 1.165) is 43.6 Å². The molecule has 0 fully saturated rings. The molecule has 1 aliphatic rings. The highest BCUT2D eigenvalue weighted by atomic mass is 16.2. The van der Waals surface area contributed by atoms with E-state index in [1.807, 2.05) is 103 Å². The molecular weight excluding hydrogens is 520 g/mol. The zero-order chi connectivity index (χ0) is 28.2. The number of carbonyl (C=O) groups excluding carboxylic acids is 2. The van der Waals surface area contributed by atoms with Crippen LogP contribution in [0.3, 0.4) is 0 Å². The molecule has 6 nitrogen and oxygen atoms in total. The maximum absolute atomic E-state index is 14.2. The second-order valence-corrected chi connectivity index (χ2v) is 10.2. The molecule has 8 rings (SSSR count). The van der Waals surface area contributed by atoms with Crippen molar-refractivity contribution in [1.29, 1.82) is 0 Å². The molecule has 0 atom stereocenters. The maximum atomic E-state index is 14.2. The van der Waals surface area contributed by atoms with Gasteiger partial charge < -0.3 is 4.57 Å². The first kappa shape index (κ1) is 24.0. The average Bonchev–Trinajstić information content (AvgIpc) is 3.53. The van der Waals surface area contributed by atoms with Gasteiger partial charge in [0.2, 0.25) is 5.95 Å². The largest absolute Gasteiger partial charge is 0.308 e. The Bertz CT molecular complexity index is 2190. The number of para-hydroxylation sites is 2. The van der Waals surface area contributed by atoms with Gasteiger partial charge in [-0.15, -0.1) is 0 Å². The highest BCUT2D eigenvalue weighted by molar-refractivity contribution is 6.38. The molecule has 0 bridgehead atoms. The number of benzene rings is 5. The fourth-order valence-electron chi connectivity index (χ4n) is 5.91. The molecule has 0 saturated heterocycles. The molecule has 0 aliphatic carbocycles. The number of fused-ring (bicyclic) bond motifs is 5. The highest BCUT2D eigenvalue weighted by Gasteiger charge is 2.41. The van der Waals surface area contributed by atoms with E-state index < -0.39 is 11.8 Å². The van der Waals surface area contributed by atoms with Crippen molar-refractivity contribution in [2.24, 2.45) is 0 Å². The molecular formula is C36H22N4O2. The number of hydrogen-bond donors (Lipinski definition) is 0. The van der Waals surface area contributed by atoms with Gasteiger partial charge in [-0.25, -0.2) is 14.9 Å². The third-order valence-electron chi connectivity index (χ3n) is 7.81. The average molecular weight is 543 g/mol. The van der Waals surface area contributed by atoms with Crippen molar-refractivity contribution in [2.45, 2.75) is 0 Å². The third kappa shape index (κ3) is 3.59. The van der Waals surface area contributed by atoms with E-state index >= 15 is 0 Å². The topological polar surface area (TPSA) is 68.1 Å². The van der Waals surface area contributed by atoms with Gasteiger partial charge >= 0.3 is 0 Å². The minimum atomic E-state index is -0.434. The van der Waals surface area contributed by atoms with Crippen LogP contribution in [0.5, 0.6) is 0 Å². The number of carbonyl (C=O) groups is 2. The van der Waals surface area contributed by atoms with Crippen LogP contribution in [0.2, 0.25) is 0 Å². The van der Waals surface area contributed by atoms with Gasteiger partial charge in [0.1, 0.15) is 0 Å². The van der Waals surface area contributed by atoms with Gasteiger partial charge in [-0.3, -0.25) is 9.59 Å². The van der Waals surface area contributed by atoms with Crippen LogP contribution in [-0.4, -0.2) is 26.3 Å². The van der Waals surface area contributed by atoms with Crippen molar-refractivity contribution in [3.8, 4) is 28.1 Å². The van der Waals surface area contributed by atoms with Crippen molar-refractivity contribution in [2.75, 3.05) is 4.90 Å². The molecule has 0 spiro atoms. The number of rotatable bonds is 4. The number of imide groups is 1. The molecule has 7 aromatic rings. The van der Waals surface area contributed by atoms with Gasteiger partial charge in [-0.05, 0) is 47.5 Å². The van der Waals surface area contributed by atoms with Crippen molar-refractivity contribution < 1.29 is 9.59 Å². The summed E-state index contributed by atoms with van der Waals surface area (Å²) in [5.41, 5.74) is 6.89. The standard InChI is InChI=1S/C36H22N4O2/c41-34-29-19-18-28-27-16-7-8-17-31(27)39(26-14-5-2-6-15-26)33(28)32(29)35(42)40(34)36-37-21-20-30(38-36)25-13-9-12-24(22-25)23-10-3-1-4-11-23/h1-22H. The minimum Gasteiger partial charge on any atom is -0.308 e. The Morgan fingerprint density at radius 3 is 2.12 bits per heavy atom. The Morgan fingerprint density at radius 1 is 0.571 bits per heavy atom. The van der Waals surface area contributed by atoms with Gasteiger partial charge in [0.25, 0.3) is 11.8 Å². The Labute approximate surface area is 241 Å². The van der Waals surface area contributed by atoms with Crippen molar-refractivity contribution >= 4 is 39.6 Å². The summed E-state index contributed by atoms with van der Waals surface area (Å²) in [6.07, 6.45) is 1.59. The van der Waals surface area contributed by atoms with Crippen molar-refractivity contribution in [1.82, 2.24) is 14.5 Å². The summed E-state index contributed by atoms with van der Waals surface area (Å²) in [6, 6.07) is 41.5. The predicted octanol–water partition coefficient (Wildman–Crippen LogP) is 7.71. The molecule has 1 aliphatic heterocycles. The second-order valence-electron chi connectivity index (χ2n) is 10.2. The monoisotopic (exact) mass is 542 g/mol. The van der Waals surface area contributed by atoms with Gasteiger partial charge in [0.15, 0.2) is 0 Å². The third-order valence-corrected chi connectivity index (χ3v) is 7.81. The van der Waals surface area contributed by atoms with Gasteiger partial charge in [-0.1, -0.05) is 91.0 Å². The smallest absolute Gasteiger partial charge is 0.270 e. The van der Waals surface area contributed by atoms with Crippen LogP contribution in [0.4, 0.5) is 5.95 Å². The molecule has 3 heterocycles. The van der Waals surface area contributed by atoms with Crippen molar-refractivity contribution in [3.63, 3.8) is 0 Å². The molecule has 0 N–H and O–H groups in total. The van der Waals surface area contributed by atoms with Gasteiger partial charge in [0, 0.05) is 28.2 Å². The molecule has 42 heavy (non-hydrogen) atoms. The summed E-state index contributed by atoms with van der Waals surface area (Å²) in [7, 11) is 0. The normalized spacial score (nSPS) is 12.8. The zero-order valence-electron chi connectivity index (χ0n) is 22.3. The Kier molecular flexibility index (Phi) is 5.34. The van der Waals surface area contributed by atoms with Crippen LogP contribution < -0.4 is 4.90 Å². The maximum Gasteiger partial charge on any atom is 0.270 e. The Balaban J connectivity index is 1.27. The first-order chi connectivity index (χ1) is 20.7. The second kappa shape index (κ2) is 9.35. The van der Waals surface area contributed by atoms with Gasteiger partial charge in [0.05, 0.1) is 27.9 Å². The summed E-state index contributed by atoms with van der Waals surface area (Å²) in [4.78, 5) is 38.2. The summed E-state index contributed by atoms with van der Waals surface area (Å²) in [5, 5.41) is 1.91. The van der Waals surface area contributed by atoms with Crippen LogP contribution >= 0.6 is 0 Å². The first-order valence-corrected chi connectivity index (χ1v) is 13.7. The van der Waals surface area contributed by atoms with Crippen LogP contribution in [0.1, 0.15) is 20.7 Å². The van der Waals surface area contributed by atoms with E-state index in [1.54, 1.807) is 18.3 Å². The number of anilines is 1. The molecule has 0 radical (unpaired) electrons. The number of amides is 2. The molecule has 5 aromatic carbocycles. The molecule has 0 unspecified atom stereocenters. The molecule has 2 amide bonds. The zero-order valence-corrected chi connectivity index (χ0v) is 22.3. The fourth-order valence-corrected chi connectivity index (χ4v) is 5.91. The lowest BCUT2D eigenvalue weighted by Crippen LogP contribution is -2.31. The summed E-state index contributed by atoms with van der Waals surface area (Å²) in [5.74, 6) is -0.813. The predicted molar refractivity (Wildman–Crippen MR) is 165 cm³/mol. The SMILES string of the molecule is O=C1c2ccc3c4ccccc4n(-c4ccccc4)c3c2C(=O)N1c1nccc(-c2cccc(-c3ccccc3)c2)n1. The summed E-state index contributed by atoms with van der Waals surface area (Å²) < 4.78 is 2.06. The number of aromatic nitrogens is 3. The Hall–Kier alpha value is -5.88. The quantitative estimate of drug-likeness (QED) is 0.214. The molecule has 0 saturated carbocycles. The Morgan fingerprint density at radius 2 is 1.29 bits per heavy atom. The van der Waals surface area contributed by atoms with Crippen molar-refractivity contribution in [3.05, 3.63) is 145 Å². The lowest BCUT2D eigenvalue weighted by molar-refractivity contribution is 0.0924. The summed E-state index contributed by atoms with van der Waals surface area (Å²) >= 11 is 0. The number of hydrogen-bond acceptors (Lipinski definition) is 4. The summed E-state index contributed by atoms with van der Waals surface area (Å²) in [6.45, 7) is 0. The fraction of sp³-hybridized carbons (Fsp3) is 0. The lowest BCUT2D eigenvalue weighted by atomic mass is 10.0. The minimum absolute atomic E-state index is 0.0549. The lowest BCUT2D eigenvalue weighted by Gasteiger charge is -2.13. The molecule has 198 valence electrons. The van der Waals surface area contributed by atoms with E-state index in [2.05, 4.69) is 21.7 Å². The molecule has 6 heteroatoms. The van der Waals surface area contributed by atoms with Crippen LogP contribution in [0, 0.1) is 0 Å². The van der Waals surface area contributed by atoms with E-state index in [-0.39, 0.29) is 5.95 Å². The highest BCUT2D eigenvalue weighted by Crippen LogP contribution is 2.39. The van der Waals surface area contributed by atoms with Crippen LogP contribution in [-0.2, 0) is 0 Å². The van der Waals surface area contributed by atoms with E-state index in [4.69, 9.17) is 4.98 Å². The van der Waals surface area contributed by atoms with E-state index in [1.165, 1.54) is 0 Å². The van der Waals surface area contributed by atoms with E-state index in [0.29, 0.717) is 22.3 Å². The van der Waals surface area contributed by atoms with Crippen LogP contribution in [0.25, 0.3) is 49.9 Å². The first-order valence-electron chi connectivity index (χ1n) is 13.7. The molecule has 2 aromatic heterocycles. The van der Waals surface area contributed by atoms with Crippen LogP contribution in [0.15, 0.2) is 134 Å².